The number of hydrogen-bond donors (Lipinski definition) is 2. The van der Waals surface area contributed by atoms with E-state index in [1.165, 1.54) is 12.0 Å². The van der Waals surface area contributed by atoms with E-state index in [-0.39, 0.29) is 5.60 Å². The Bertz CT molecular complexity index is 1070. The fraction of sp³-hybridized carbons (Fsp3) is 0.259. The number of benzene rings is 3. The molecule has 3 aromatic rings. The van der Waals surface area contributed by atoms with Crippen molar-refractivity contribution < 1.29 is 14.3 Å². The smallest absolute Gasteiger partial charge is 0.326 e. The van der Waals surface area contributed by atoms with Gasteiger partial charge in [-0.25, -0.2) is 4.79 Å². The molecule has 0 saturated heterocycles. The number of nitrogens with one attached hydrogen (secondary N) is 2. The molecule has 0 aliphatic heterocycles. The Balaban J connectivity index is 1.41. The summed E-state index contributed by atoms with van der Waals surface area (Å²) in [5.74, 6) is 0.334. The Kier molecular flexibility index (Phi) is 6.55. The van der Waals surface area contributed by atoms with E-state index in [1.54, 1.807) is 24.3 Å². The van der Waals surface area contributed by atoms with E-state index in [4.69, 9.17) is 4.74 Å². The van der Waals surface area contributed by atoms with Crippen LogP contribution < -0.4 is 15.4 Å². The van der Waals surface area contributed by atoms with Crippen LogP contribution in [0.15, 0.2) is 78.9 Å². The van der Waals surface area contributed by atoms with Crippen LogP contribution in [0.5, 0.6) is 5.75 Å². The molecule has 1 fully saturated rings. The van der Waals surface area contributed by atoms with Crippen molar-refractivity contribution in [1.82, 2.24) is 5.32 Å². The SMILES string of the molecule is Cc1ccccc1C(=O)NC(=O)Nc1ccc(OC2(c3ccccc3)CCCCC2)cc1. The number of rotatable bonds is 5. The molecule has 0 bridgehead atoms. The van der Waals surface area contributed by atoms with Crippen LogP contribution in [0.25, 0.3) is 0 Å². The van der Waals surface area contributed by atoms with E-state index in [0.717, 1.165) is 37.0 Å². The van der Waals surface area contributed by atoms with Gasteiger partial charge in [-0.05, 0) is 74.1 Å². The van der Waals surface area contributed by atoms with Gasteiger partial charge >= 0.3 is 6.03 Å². The van der Waals surface area contributed by atoms with Crippen molar-refractivity contribution in [2.45, 2.75) is 44.6 Å². The minimum absolute atomic E-state index is 0.314. The van der Waals surface area contributed by atoms with Crippen LogP contribution in [-0.2, 0) is 5.60 Å². The summed E-state index contributed by atoms with van der Waals surface area (Å²) in [5.41, 5.74) is 2.77. The van der Waals surface area contributed by atoms with Crippen LogP contribution in [0.2, 0.25) is 0 Å². The van der Waals surface area contributed by atoms with E-state index in [0.29, 0.717) is 11.3 Å². The van der Waals surface area contributed by atoms with Gasteiger partial charge < -0.3 is 10.1 Å². The predicted octanol–water partition coefficient (Wildman–Crippen LogP) is 6.20. The molecule has 5 nitrogen and oxygen atoms in total. The first-order chi connectivity index (χ1) is 15.6. The third-order valence-electron chi connectivity index (χ3n) is 6.00. The van der Waals surface area contributed by atoms with Gasteiger partial charge in [-0.3, -0.25) is 10.1 Å². The number of urea groups is 1. The third-order valence-corrected chi connectivity index (χ3v) is 6.00. The first-order valence-electron chi connectivity index (χ1n) is 11.1. The molecule has 1 saturated carbocycles. The summed E-state index contributed by atoms with van der Waals surface area (Å²) in [6.45, 7) is 1.83. The lowest BCUT2D eigenvalue weighted by Crippen LogP contribution is -2.35. The summed E-state index contributed by atoms with van der Waals surface area (Å²) in [4.78, 5) is 24.6. The van der Waals surface area contributed by atoms with Crippen molar-refractivity contribution in [3.8, 4) is 5.75 Å². The topological polar surface area (TPSA) is 67.4 Å². The summed E-state index contributed by atoms with van der Waals surface area (Å²) in [6, 6.07) is 24.3. The minimum atomic E-state index is -0.569. The molecule has 3 amide bonds. The van der Waals surface area contributed by atoms with E-state index in [1.807, 2.05) is 37.3 Å². The van der Waals surface area contributed by atoms with Crippen molar-refractivity contribution in [1.29, 1.82) is 0 Å². The van der Waals surface area contributed by atoms with Gasteiger partial charge in [-0.15, -0.1) is 0 Å². The molecule has 0 spiro atoms. The van der Waals surface area contributed by atoms with E-state index < -0.39 is 11.9 Å². The monoisotopic (exact) mass is 428 g/mol. The number of hydrogen-bond acceptors (Lipinski definition) is 3. The maximum absolute atomic E-state index is 12.3. The molecule has 2 N–H and O–H groups in total. The molecule has 164 valence electrons. The van der Waals surface area contributed by atoms with Crippen molar-refractivity contribution in [3.05, 3.63) is 95.6 Å². The minimum Gasteiger partial charge on any atom is -0.483 e. The Morgan fingerprint density at radius 2 is 1.47 bits per heavy atom. The largest absolute Gasteiger partial charge is 0.483 e. The van der Waals surface area contributed by atoms with Gasteiger partial charge in [0.15, 0.2) is 0 Å². The zero-order valence-electron chi connectivity index (χ0n) is 18.3. The lowest BCUT2D eigenvalue weighted by Gasteiger charge is -2.38. The highest BCUT2D eigenvalue weighted by molar-refractivity contribution is 6.08. The van der Waals surface area contributed by atoms with Gasteiger partial charge in [0, 0.05) is 11.3 Å². The molecule has 0 radical (unpaired) electrons. The molecule has 32 heavy (non-hydrogen) atoms. The molecular weight excluding hydrogens is 400 g/mol. The Labute approximate surface area is 188 Å². The van der Waals surface area contributed by atoms with Crippen LogP contribution in [0, 0.1) is 6.92 Å². The lowest BCUT2D eigenvalue weighted by molar-refractivity contribution is 0.0263. The second-order valence-corrected chi connectivity index (χ2v) is 8.27. The molecular formula is C27H28N2O3. The average Bonchev–Trinajstić information content (AvgIpc) is 2.82. The van der Waals surface area contributed by atoms with Crippen LogP contribution >= 0.6 is 0 Å². The number of carbonyl (C=O) groups excluding carboxylic acids is 2. The molecule has 1 aliphatic rings. The zero-order chi connectivity index (χ0) is 22.4. The highest BCUT2D eigenvalue weighted by Gasteiger charge is 2.36. The van der Waals surface area contributed by atoms with Gasteiger partial charge in [0.05, 0.1) is 0 Å². The number of carbonyl (C=O) groups is 2. The van der Waals surface area contributed by atoms with Crippen molar-refractivity contribution in [2.24, 2.45) is 0 Å². The van der Waals surface area contributed by atoms with Crippen LogP contribution in [0.4, 0.5) is 10.5 Å². The summed E-state index contributed by atoms with van der Waals surface area (Å²) in [6.07, 6.45) is 5.49. The molecule has 4 rings (SSSR count). The summed E-state index contributed by atoms with van der Waals surface area (Å²) < 4.78 is 6.54. The van der Waals surface area contributed by atoms with E-state index in [2.05, 4.69) is 34.9 Å². The van der Waals surface area contributed by atoms with Crippen LogP contribution in [0.3, 0.4) is 0 Å². The Morgan fingerprint density at radius 1 is 0.812 bits per heavy atom. The first-order valence-corrected chi connectivity index (χ1v) is 11.1. The number of amides is 3. The summed E-state index contributed by atoms with van der Waals surface area (Å²) >= 11 is 0. The Morgan fingerprint density at radius 3 is 2.16 bits per heavy atom. The summed E-state index contributed by atoms with van der Waals surface area (Å²) in [5, 5.41) is 5.08. The van der Waals surface area contributed by atoms with Crippen molar-refractivity contribution in [2.75, 3.05) is 5.32 Å². The fourth-order valence-corrected chi connectivity index (χ4v) is 4.31. The number of ether oxygens (including phenoxy) is 1. The van der Waals surface area contributed by atoms with Gasteiger partial charge in [0.1, 0.15) is 11.4 Å². The fourth-order valence-electron chi connectivity index (χ4n) is 4.31. The molecule has 0 unspecified atom stereocenters. The maximum Gasteiger partial charge on any atom is 0.326 e. The standard InChI is InChI=1S/C27H28N2O3/c1-20-10-6-7-13-24(20)25(30)29-26(31)28-22-14-16-23(17-15-22)32-27(18-8-3-9-19-27)21-11-4-2-5-12-21/h2,4-7,10-17H,3,8-9,18-19H2,1H3,(H2,28,29,30,31). The first kappa shape index (κ1) is 21.6. The zero-order valence-corrected chi connectivity index (χ0v) is 18.3. The number of anilines is 1. The second kappa shape index (κ2) is 9.69. The highest BCUT2D eigenvalue weighted by Crippen LogP contribution is 2.41. The van der Waals surface area contributed by atoms with E-state index >= 15 is 0 Å². The van der Waals surface area contributed by atoms with Crippen LogP contribution in [-0.4, -0.2) is 11.9 Å². The third kappa shape index (κ3) is 4.99. The van der Waals surface area contributed by atoms with Crippen LogP contribution in [0.1, 0.15) is 53.6 Å². The quantitative estimate of drug-likeness (QED) is 0.509. The van der Waals surface area contributed by atoms with Crippen molar-refractivity contribution in [3.63, 3.8) is 0 Å². The molecule has 1 aliphatic carbocycles. The second-order valence-electron chi connectivity index (χ2n) is 8.27. The van der Waals surface area contributed by atoms with Gasteiger partial charge in [-0.2, -0.15) is 0 Å². The van der Waals surface area contributed by atoms with Crippen molar-refractivity contribution >= 4 is 17.6 Å². The van der Waals surface area contributed by atoms with Gasteiger partial charge in [0.2, 0.25) is 0 Å². The number of aryl methyl sites for hydroxylation is 1. The molecule has 0 atom stereocenters. The maximum atomic E-state index is 12.3. The summed E-state index contributed by atoms with van der Waals surface area (Å²) in [7, 11) is 0. The average molecular weight is 429 g/mol. The molecule has 0 aromatic heterocycles. The van der Waals surface area contributed by atoms with Gasteiger partial charge in [0.25, 0.3) is 5.91 Å². The molecule has 5 heteroatoms. The molecule has 3 aromatic carbocycles. The highest BCUT2D eigenvalue weighted by atomic mass is 16.5. The van der Waals surface area contributed by atoms with Gasteiger partial charge in [-0.1, -0.05) is 55.0 Å². The number of imide groups is 1. The predicted molar refractivity (Wildman–Crippen MR) is 126 cm³/mol. The lowest BCUT2D eigenvalue weighted by atomic mass is 9.79. The van der Waals surface area contributed by atoms with E-state index in [9.17, 15) is 9.59 Å². The molecule has 0 heterocycles. The Hall–Kier alpha value is -3.60. The normalized spacial score (nSPS) is 14.9.